The molecule has 5 heteroatoms. The molecule has 3 rings (SSSR count). The molecular formula is C20H23N3O2. The SMILES string of the molecule is CCc1ccccc1NC(=O)NC1CC(=O)N(c2ccc(C)cc2)C1. The second kappa shape index (κ2) is 7.38. The van der Waals surface area contributed by atoms with Gasteiger partial charge in [0, 0.05) is 24.3 Å². The van der Waals surface area contributed by atoms with Gasteiger partial charge >= 0.3 is 6.03 Å². The number of anilines is 2. The molecule has 0 spiro atoms. The predicted octanol–water partition coefficient (Wildman–Crippen LogP) is 3.48. The summed E-state index contributed by atoms with van der Waals surface area (Å²) in [6.07, 6.45) is 1.16. The van der Waals surface area contributed by atoms with E-state index in [1.165, 1.54) is 0 Å². The average Bonchev–Trinajstić information content (AvgIpc) is 2.96. The average molecular weight is 337 g/mol. The van der Waals surface area contributed by atoms with Crippen molar-refractivity contribution in [1.82, 2.24) is 5.32 Å². The number of benzene rings is 2. The van der Waals surface area contributed by atoms with Gasteiger partial charge in [0.25, 0.3) is 0 Å². The van der Waals surface area contributed by atoms with Crippen molar-refractivity contribution in [2.24, 2.45) is 0 Å². The highest BCUT2D eigenvalue weighted by Gasteiger charge is 2.31. The normalized spacial score (nSPS) is 16.8. The minimum absolute atomic E-state index is 0.0307. The first-order valence-electron chi connectivity index (χ1n) is 8.59. The maximum absolute atomic E-state index is 12.3. The molecule has 3 amide bonds. The Labute approximate surface area is 148 Å². The van der Waals surface area contributed by atoms with Gasteiger partial charge in [0.2, 0.25) is 5.91 Å². The van der Waals surface area contributed by atoms with Crippen LogP contribution in [-0.4, -0.2) is 24.5 Å². The summed E-state index contributed by atoms with van der Waals surface area (Å²) in [5.74, 6) is 0.0307. The molecule has 2 N–H and O–H groups in total. The van der Waals surface area contributed by atoms with Crippen molar-refractivity contribution in [1.29, 1.82) is 0 Å². The topological polar surface area (TPSA) is 61.4 Å². The van der Waals surface area contributed by atoms with Crippen LogP contribution in [0, 0.1) is 6.92 Å². The summed E-state index contributed by atoms with van der Waals surface area (Å²) in [7, 11) is 0. The van der Waals surface area contributed by atoms with Gasteiger partial charge in [0.15, 0.2) is 0 Å². The minimum Gasteiger partial charge on any atom is -0.333 e. The Morgan fingerprint density at radius 3 is 2.60 bits per heavy atom. The summed E-state index contributed by atoms with van der Waals surface area (Å²) in [6.45, 7) is 4.55. The highest BCUT2D eigenvalue weighted by atomic mass is 16.2. The van der Waals surface area contributed by atoms with E-state index < -0.39 is 0 Å². The van der Waals surface area contributed by atoms with Gasteiger partial charge in [0.05, 0.1) is 6.04 Å². The number of nitrogens with zero attached hydrogens (tertiary/aromatic N) is 1. The lowest BCUT2D eigenvalue weighted by atomic mass is 10.1. The third kappa shape index (κ3) is 3.99. The number of amides is 3. The fourth-order valence-electron chi connectivity index (χ4n) is 3.07. The molecule has 25 heavy (non-hydrogen) atoms. The number of aryl methyl sites for hydroxylation is 2. The Morgan fingerprint density at radius 2 is 1.88 bits per heavy atom. The van der Waals surface area contributed by atoms with E-state index in [0.29, 0.717) is 13.0 Å². The van der Waals surface area contributed by atoms with E-state index >= 15 is 0 Å². The zero-order chi connectivity index (χ0) is 17.8. The number of hydrogen-bond donors (Lipinski definition) is 2. The first-order valence-corrected chi connectivity index (χ1v) is 8.59. The van der Waals surface area contributed by atoms with Crippen LogP contribution in [-0.2, 0) is 11.2 Å². The van der Waals surface area contributed by atoms with Crippen molar-refractivity contribution >= 4 is 23.3 Å². The number of para-hydroxylation sites is 1. The monoisotopic (exact) mass is 337 g/mol. The van der Waals surface area contributed by atoms with E-state index in [-0.39, 0.29) is 18.0 Å². The molecule has 0 aliphatic carbocycles. The molecule has 2 aromatic carbocycles. The molecule has 1 heterocycles. The first kappa shape index (κ1) is 17.0. The van der Waals surface area contributed by atoms with Crippen LogP contribution < -0.4 is 15.5 Å². The largest absolute Gasteiger partial charge is 0.333 e. The van der Waals surface area contributed by atoms with Crippen LogP contribution in [0.4, 0.5) is 16.2 Å². The van der Waals surface area contributed by atoms with E-state index in [4.69, 9.17) is 0 Å². The quantitative estimate of drug-likeness (QED) is 0.897. The zero-order valence-electron chi connectivity index (χ0n) is 14.6. The lowest BCUT2D eigenvalue weighted by molar-refractivity contribution is -0.117. The van der Waals surface area contributed by atoms with Gasteiger partial charge in [-0.15, -0.1) is 0 Å². The number of nitrogens with one attached hydrogen (secondary N) is 2. The summed E-state index contributed by atoms with van der Waals surface area (Å²) in [5, 5.41) is 5.79. The third-order valence-corrected chi connectivity index (χ3v) is 4.45. The van der Waals surface area contributed by atoms with Crippen LogP contribution in [0.15, 0.2) is 48.5 Å². The second-order valence-corrected chi connectivity index (χ2v) is 6.35. The van der Waals surface area contributed by atoms with Crippen molar-refractivity contribution in [2.75, 3.05) is 16.8 Å². The molecule has 1 aliphatic heterocycles. The van der Waals surface area contributed by atoms with Crippen LogP contribution in [0.25, 0.3) is 0 Å². The summed E-state index contributed by atoms with van der Waals surface area (Å²) in [6, 6.07) is 15.1. The van der Waals surface area contributed by atoms with E-state index in [9.17, 15) is 9.59 Å². The highest BCUT2D eigenvalue weighted by Crippen LogP contribution is 2.22. The van der Waals surface area contributed by atoms with Crippen LogP contribution >= 0.6 is 0 Å². The third-order valence-electron chi connectivity index (χ3n) is 4.45. The van der Waals surface area contributed by atoms with Crippen LogP contribution in [0.5, 0.6) is 0 Å². The van der Waals surface area contributed by atoms with Gasteiger partial charge < -0.3 is 15.5 Å². The van der Waals surface area contributed by atoms with Crippen molar-refractivity contribution in [3.8, 4) is 0 Å². The standard InChI is InChI=1S/C20H23N3O2/c1-3-15-6-4-5-7-18(15)22-20(25)21-16-12-19(24)23(13-16)17-10-8-14(2)9-11-17/h4-11,16H,3,12-13H2,1-2H3,(H2,21,22,25). The molecule has 2 aromatic rings. The van der Waals surface area contributed by atoms with Gasteiger partial charge in [-0.2, -0.15) is 0 Å². The molecule has 1 unspecified atom stereocenters. The van der Waals surface area contributed by atoms with Gasteiger partial charge in [-0.25, -0.2) is 4.79 Å². The zero-order valence-corrected chi connectivity index (χ0v) is 14.6. The van der Waals surface area contributed by atoms with Gasteiger partial charge in [-0.05, 0) is 37.1 Å². The summed E-state index contributed by atoms with van der Waals surface area (Å²) in [4.78, 5) is 26.3. The summed E-state index contributed by atoms with van der Waals surface area (Å²) in [5.41, 5.74) is 3.92. The predicted molar refractivity (Wildman–Crippen MR) is 99.9 cm³/mol. The molecule has 0 aromatic heterocycles. The van der Waals surface area contributed by atoms with Crippen molar-refractivity contribution in [3.05, 3.63) is 59.7 Å². The van der Waals surface area contributed by atoms with E-state index in [0.717, 1.165) is 28.9 Å². The smallest absolute Gasteiger partial charge is 0.319 e. The number of carbonyl (C=O) groups excluding carboxylic acids is 2. The van der Waals surface area contributed by atoms with E-state index in [2.05, 4.69) is 10.6 Å². The highest BCUT2D eigenvalue weighted by molar-refractivity contribution is 5.97. The summed E-state index contributed by atoms with van der Waals surface area (Å²) >= 11 is 0. The van der Waals surface area contributed by atoms with E-state index in [1.54, 1.807) is 4.90 Å². The molecule has 1 atom stereocenters. The Morgan fingerprint density at radius 1 is 1.16 bits per heavy atom. The van der Waals surface area contributed by atoms with Crippen LogP contribution in [0.1, 0.15) is 24.5 Å². The lowest BCUT2D eigenvalue weighted by Gasteiger charge is -2.18. The van der Waals surface area contributed by atoms with Gasteiger partial charge in [0.1, 0.15) is 0 Å². The molecule has 1 aliphatic rings. The molecule has 1 fully saturated rings. The van der Waals surface area contributed by atoms with Crippen LogP contribution in [0.2, 0.25) is 0 Å². The number of urea groups is 1. The second-order valence-electron chi connectivity index (χ2n) is 6.35. The number of carbonyl (C=O) groups is 2. The number of hydrogen-bond acceptors (Lipinski definition) is 2. The van der Waals surface area contributed by atoms with Crippen molar-refractivity contribution in [2.45, 2.75) is 32.7 Å². The maximum Gasteiger partial charge on any atom is 0.319 e. The minimum atomic E-state index is -0.274. The van der Waals surface area contributed by atoms with Gasteiger partial charge in [-0.1, -0.05) is 42.8 Å². The first-order chi connectivity index (χ1) is 12.1. The molecule has 130 valence electrons. The molecule has 0 saturated carbocycles. The Hall–Kier alpha value is -2.82. The molecular weight excluding hydrogens is 314 g/mol. The number of rotatable bonds is 4. The van der Waals surface area contributed by atoms with Crippen LogP contribution in [0.3, 0.4) is 0 Å². The van der Waals surface area contributed by atoms with Crippen molar-refractivity contribution < 1.29 is 9.59 Å². The van der Waals surface area contributed by atoms with Gasteiger partial charge in [-0.3, -0.25) is 4.79 Å². The Bertz CT molecular complexity index is 771. The van der Waals surface area contributed by atoms with Crippen molar-refractivity contribution in [3.63, 3.8) is 0 Å². The fraction of sp³-hybridized carbons (Fsp3) is 0.300. The fourth-order valence-corrected chi connectivity index (χ4v) is 3.07. The Kier molecular flexibility index (Phi) is 5.03. The summed E-state index contributed by atoms with van der Waals surface area (Å²) < 4.78 is 0. The Balaban J connectivity index is 1.61. The molecule has 1 saturated heterocycles. The molecule has 5 nitrogen and oxygen atoms in total. The molecule has 0 bridgehead atoms. The lowest BCUT2D eigenvalue weighted by Crippen LogP contribution is -2.39. The molecule has 0 radical (unpaired) electrons. The maximum atomic E-state index is 12.3. The van der Waals surface area contributed by atoms with E-state index in [1.807, 2.05) is 62.4 Å².